The molecule has 43 heavy (non-hydrogen) atoms. The minimum Gasteiger partial charge on any atom is -0.394 e. The second-order valence-electron chi connectivity index (χ2n) is 12.5. The molecule has 3 fully saturated rings. The standard InChI is InChI=1S/C35H43N3O5/c1-6-20-36(22-25-14-10-8-11-15-25)33(42)30-35-19-18-34(5,43-35)28(29(35)32(41)38(30)27(23-39)24(3)4)31(40)37(21-7-2)26-16-12-9-13-17-26/h6-17,24,27-30,39H,1-2,18-23H2,3-5H3/t27-,28-,29-,30?,34+,35?/m0/s1. The van der Waals surface area contributed by atoms with Crippen LogP contribution >= 0.6 is 0 Å². The molecule has 0 aliphatic carbocycles. The highest BCUT2D eigenvalue weighted by Gasteiger charge is 2.79. The van der Waals surface area contributed by atoms with E-state index in [0.717, 1.165) is 5.56 Å². The zero-order valence-corrected chi connectivity index (χ0v) is 25.4. The molecule has 228 valence electrons. The topological polar surface area (TPSA) is 90.4 Å². The van der Waals surface area contributed by atoms with E-state index in [-0.39, 0.29) is 43.3 Å². The van der Waals surface area contributed by atoms with Crippen molar-refractivity contribution >= 4 is 23.4 Å². The van der Waals surface area contributed by atoms with E-state index >= 15 is 0 Å². The van der Waals surface area contributed by atoms with Gasteiger partial charge in [0, 0.05) is 25.3 Å². The van der Waals surface area contributed by atoms with Crippen LogP contribution < -0.4 is 4.90 Å². The summed E-state index contributed by atoms with van der Waals surface area (Å²) in [5.41, 5.74) is -0.466. The number of carbonyl (C=O) groups excluding carboxylic acids is 3. The molecule has 2 aromatic rings. The molecule has 1 spiro atoms. The van der Waals surface area contributed by atoms with Gasteiger partial charge >= 0.3 is 0 Å². The molecule has 2 bridgehead atoms. The predicted octanol–water partition coefficient (Wildman–Crippen LogP) is 4.20. The number of anilines is 1. The van der Waals surface area contributed by atoms with E-state index in [2.05, 4.69) is 13.2 Å². The molecule has 8 heteroatoms. The maximum Gasteiger partial charge on any atom is 0.249 e. The largest absolute Gasteiger partial charge is 0.394 e. The first-order chi connectivity index (χ1) is 20.6. The van der Waals surface area contributed by atoms with Gasteiger partial charge in [-0.3, -0.25) is 14.4 Å². The summed E-state index contributed by atoms with van der Waals surface area (Å²) in [4.78, 5) is 48.8. The van der Waals surface area contributed by atoms with Crippen LogP contribution in [0.5, 0.6) is 0 Å². The SMILES string of the molecule is C=CCN(Cc1ccccc1)C(=O)C1N([C@@H](CO)C(C)C)C(=O)[C@@H]2[C@@H](C(=O)N(CC=C)c3ccccc3)[C@@]3(C)CCC12O3. The predicted molar refractivity (Wildman–Crippen MR) is 166 cm³/mol. The Morgan fingerprint density at radius 3 is 2.23 bits per heavy atom. The van der Waals surface area contributed by atoms with Crippen molar-refractivity contribution in [3.63, 3.8) is 0 Å². The monoisotopic (exact) mass is 585 g/mol. The van der Waals surface area contributed by atoms with Crippen molar-refractivity contribution in [2.75, 3.05) is 24.6 Å². The van der Waals surface area contributed by atoms with Gasteiger partial charge in [0.1, 0.15) is 11.6 Å². The number of fused-ring (bicyclic) bond motifs is 1. The van der Waals surface area contributed by atoms with Crippen molar-refractivity contribution in [3.8, 4) is 0 Å². The molecule has 2 aromatic carbocycles. The Bertz CT molecular complexity index is 1360. The van der Waals surface area contributed by atoms with Crippen molar-refractivity contribution in [2.24, 2.45) is 17.8 Å². The number of amides is 3. The van der Waals surface area contributed by atoms with E-state index in [4.69, 9.17) is 4.74 Å². The lowest BCUT2D eigenvalue weighted by Gasteiger charge is -2.40. The van der Waals surface area contributed by atoms with Gasteiger partial charge in [0.15, 0.2) is 0 Å². The summed E-state index contributed by atoms with van der Waals surface area (Å²) < 4.78 is 6.87. The lowest BCUT2D eigenvalue weighted by atomic mass is 9.66. The highest BCUT2D eigenvalue weighted by molar-refractivity contribution is 6.03. The lowest BCUT2D eigenvalue weighted by molar-refractivity contribution is -0.156. The average molecular weight is 586 g/mol. The molecule has 0 saturated carbocycles. The van der Waals surface area contributed by atoms with Crippen molar-refractivity contribution < 1.29 is 24.2 Å². The number of nitrogens with zero attached hydrogens (tertiary/aromatic N) is 3. The van der Waals surface area contributed by atoms with Crippen LogP contribution in [0.25, 0.3) is 0 Å². The van der Waals surface area contributed by atoms with Crippen LogP contribution in [-0.2, 0) is 25.7 Å². The van der Waals surface area contributed by atoms with Gasteiger partial charge in [-0.25, -0.2) is 0 Å². The van der Waals surface area contributed by atoms with Gasteiger partial charge in [-0.05, 0) is 43.4 Å². The Morgan fingerprint density at radius 2 is 1.65 bits per heavy atom. The second-order valence-corrected chi connectivity index (χ2v) is 12.5. The smallest absolute Gasteiger partial charge is 0.249 e. The van der Waals surface area contributed by atoms with Crippen LogP contribution in [-0.4, -0.2) is 75.6 Å². The molecular weight excluding hydrogens is 542 g/mol. The Labute approximate surface area is 254 Å². The average Bonchev–Trinajstić information content (AvgIpc) is 3.57. The second kappa shape index (κ2) is 12.1. The third kappa shape index (κ3) is 5.10. The number of para-hydroxylation sites is 1. The normalized spacial score (nSPS) is 28.1. The highest BCUT2D eigenvalue weighted by atomic mass is 16.5. The Hall–Kier alpha value is -3.75. The first-order valence-corrected chi connectivity index (χ1v) is 15.2. The highest BCUT2D eigenvalue weighted by Crippen LogP contribution is 2.64. The number of hydrogen-bond donors (Lipinski definition) is 1. The van der Waals surface area contributed by atoms with Crippen LogP contribution in [0.15, 0.2) is 86.0 Å². The lowest BCUT2D eigenvalue weighted by Crippen LogP contribution is -2.59. The fourth-order valence-corrected chi connectivity index (χ4v) is 7.59. The Balaban J connectivity index is 1.60. The van der Waals surface area contributed by atoms with Crippen molar-refractivity contribution in [1.29, 1.82) is 0 Å². The molecule has 6 atom stereocenters. The molecule has 1 N–H and O–H groups in total. The van der Waals surface area contributed by atoms with Gasteiger partial charge in [-0.15, -0.1) is 13.2 Å². The van der Waals surface area contributed by atoms with E-state index in [1.54, 1.807) is 26.9 Å². The van der Waals surface area contributed by atoms with Gasteiger partial charge in [-0.2, -0.15) is 0 Å². The number of aliphatic hydroxyl groups excluding tert-OH is 1. The molecule has 3 amide bonds. The summed E-state index contributed by atoms with van der Waals surface area (Å²) >= 11 is 0. The molecular formula is C35H43N3O5. The number of carbonyl (C=O) groups is 3. The van der Waals surface area contributed by atoms with Crippen LogP contribution in [0.4, 0.5) is 5.69 Å². The van der Waals surface area contributed by atoms with Crippen LogP contribution in [0.2, 0.25) is 0 Å². The van der Waals surface area contributed by atoms with Gasteiger partial charge < -0.3 is 24.5 Å². The maximum absolute atomic E-state index is 14.7. The van der Waals surface area contributed by atoms with E-state index in [1.165, 1.54) is 0 Å². The zero-order chi connectivity index (χ0) is 30.9. The van der Waals surface area contributed by atoms with Gasteiger partial charge in [0.05, 0.1) is 30.1 Å². The molecule has 0 aromatic heterocycles. The zero-order valence-electron chi connectivity index (χ0n) is 25.4. The molecule has 5 rings (SSSR count). The van der Waals surface area contributed by atoms with E-state index in [0.29, 0.717) is 25.1 Å². The maximum atomic E-state index is 14.7. The van der Waals surface area contributed by atoms with E-state index < -0.39 is 35.1 Å². The van der Waals surface area contributed by atoms with Crippen molar-refractivity contribution in [3.05, 3.63) is 91.5 Å². The number of aliphatic hydroxyl groups is 1. The van der Waals surface area contributed by atoms with Gasteiger partial charge in [0.25, 0.3) is 0 Å². The number of rotatable bonds is 12. The first kappa shape index (κ1) is 30.7. The molecule has 0 radical (unpaired) electrons. The summed E-state index contributed by atoms with van der Waals surface area (Å²) in [6.45, 7) is 14.1. The minimum atomic E-state index is -1.20. The van der Waals surface area contributed by atoms with Gasteiger partial charge in [-0.1, -0.05) is 74.5 Å². The minimum absolute atomic E-state index is 0.134. The summed E-state index contributed by atoms with van der Waals surface area (Å²) in [6, 6.07) is 17.4. The Morgan fingerprint density at radius 1 is 1.02 bits per heavy atom. The first-order valence-electron chi connectivity index (χ1n) is 15.2. The fraction of sp³-hybridized carbons (Fsp3) is 0.457. The molecule has 3 aliphatic heterocycles. The van der Waals surface area contributed by atoms with Crippen molar-refractivity contribution in [2.45, 2.75) is 63.4 Å². The summed E-state index contributed by atoms with van der Waals surface area (Å²) in [5, 5.41) is 10.6. The van der Waals surface area contributed by atoms with Crippen molar-refractivity contribution in [1.82, 2.24) is 9.80 Å². The van der Waals surface area contributed by atoms with Crippen LogP contribution in [0.3, 0.4) is 0 Å². The summed E-state index contributed by atoms with van der Waals surface area (Å²) in [6.07, 6.45) is 4.35. The third-order valence-electron chi connectivity index (χ3n) is 9.55. The van der Waals surface area contributed by atoms with Crippen LogP contribution in [0, 0.1) is 17.8 Å². The third-order valence-corrected chi connectivity index (χ3v) is 9.55. The molecule has 8 nitrogen and oxygen atoms in total. The molecule has 3 heterocycles. The van der Waals surface area contributed by atoms with Crippen LogP contribution in [0.1, 0.15) is 39.2 Å². The fourth-order valence-electron chi connectivity index (χ4n) is 7.59. The van der Waals surface area contributed by atoms with E-state index in [9.17, 15) is 19.5 Å². The molecule has 3 aliphatic rings. The number of likely N-dealkylation sites (tertiary alicyclic amines) is 1. The molecule has 3 saturated heterocycles. The molecule has 2 unspecified atom stereocenters. The number of hydrogen-bond acceptors (Lipinski definition) is 5. The quantitative estimate of drug-likeness (QED) is 0.377. The number of benzene rings is 2. The summed E-state index contributed by atoms with van der Waals surface area (Å²) in [7, 11) is 0. The van der Waals surface area contributed by atoms with E-state index in [1.807, 2.05) is 81.4 Å². The summed E-state index contributed by atoms with van der Waals surface area (Å²) in [5.74, 6) is -2.59. The Kier molecular flexibility index (Phi) is 8.63. The van der Waals surface area contributed by atoms with Gasteiger partial charge in [0.2, 0.25) is 17.7 Å². The number of ether oxygens (including phenoxy) is 1.